The molecule has 0 radical (unpaired) electrons. The molecule has 3 atom stereocenters. The third-order valence-corrected chi connectivity index (χ3v) is 9.61. The van der Waals surface area contributed by atoms with Crippen molar-refractivity contribution in [2.45, 2.75) is 135 Å². The molecule has 0 amide bonds. The number of ether oxygens (including phenoxy) is 2. The Balaban J connectivity index is 4.61. The van der Waals surface area contributed by atoms with E-state index in [2.05, 4.69) is 110 Å². The molecule has 0 aliphatic rings. The van der Waals surface area contributed by atoms with Crippen LogP contribution in [0.5, 0.6) is 0 Å². The molecule has 10 nitrogen and oxygen atoms in total. The van der Waals surface area contributed by atoms with Crippen LogP contribution in [0.25, 0.3) is 0 Å². The second kappa shape index (κ2) is 40.4. The van der Waals surface area contributed by atoms with Crippen molar-refractivity contribution in [2.75, 3.05) is 47.5 Å². The zero-order valence-electron chi connectivity index (χ0n) is 38.2. The van der Waals surface area contributed by atoms with Crippen molar-refractivity contribution < 1.29 is 47.2 Å². The molecule has 0 saturated heterocycles. The number of likely N-dealkylation sites (N-methyl/N-ethyl adjacent to an activating group) is 1. The van der Waals surface area contributed by atoms with Crippen molar-refractivity contribution in [2.24, 2.45) is 0 Å². The van der Waals surface area contributed by atoms with Crippen molar-refractivity contribution in [1.29, 1.82) is 0 Å². The fraction of sp³-hybridized carbons (Fsp3) is 0.560. The van der Waals surface area contributed by atoms with Gasteiger partial charge in [-0.3, -0.25) is 14.2 Å². The Bertz CT molecular complexity index is 1460. The van der Waals surface area contributed by atoms with Crippen molar-refractivity contribution in [3.8, 4) is 0 Å². The van der Waals surface area contributed by atoms with Crippen LogP contribution in [0.15, 0.2) is 122 Å². The molecule has 0 heterocycles. The molecule has 0 aromatic rings. The SMILES string of the molecule is CC/C=C\C/C=C\C/C=C\C/C=C\C/C=C\C/C=C\CCC(=O)O[C@H](COC(=O)CCC/C=C\C/C=C\C/C=C\C/C=C\CC[C@@H](O)CC)COP(=O)([O-])OCC[N+](C)(C)C. The minimum atomic E-state index is -4.68. The number of hydrogen-bond donors (Lipinski definition) is 1. The van der Waals surface area contributed by atoms with Crippen molar-refractivity contribution in [1.82, 2.24) is 0 Å². The topological polar surface area (TPSA) is 131 Å². The number of aliphatic hydroxyl groups is 1. The number of carbonyl (C=O) groups excluding carboxylic acids is 2. The van der Waals surface area contributed by atoms with Crippen molar-refractivity contribution >= 4 is 19.8 Å². The van der Waals surface area contributed by atoms with E-state index in [0.717, 1.165) is 77.0 Å². The van der Waals surface area contributed by atoms with Crippen molar-refractivity contribution in [3.63, 3.8) is 0 Å². The zero-order chi connectivity index (χ0) is 45.1. The fourth-order valence-corrected chi connectivity index (χ4v) is 5.73. The maximum Gasteiger partial charge on any atom is 0.306 e. The summed E-state index contributed by atoms with van der Waals surface area (Å²) in [5.41, 5.74) is 0. The van der Waals surface area contributed by atoms with Gasteiger partial charge in [0.15, 0.2) is 6.10 Å². The lowest BCUT2D eigenvalue weighted by Crippen LogP contribution is -2.37. The van der Waals surface area contributed by atoms with Crippen molar-refractivity contribution in [3.05, 3.63) is 122 Å². The number of quaternary nitrogens is 1. The summed E-state index contributed by atoms with van der Waals surface area (Å²) in [6.07, 6.45) is 53.4. The smallest absolute Gasteiger partial charge is 0.306 e. The van der Waals surface area contributed by atoms with E-state index in [4.69, 9.17) is 18.5 Å². The van der Waals surface area contributed by atoms with E-state index in [1.165, 1.54) is 0 Å². The average molecular weight is 870 g/mol. The maximum atomic E-state index is 12.7. The van der Waals surface area contributed by atoms with E-state index in [-0.39, 0.29) is 32.2 Å². The molecule has 0 aromatic carbocycles. The Morgan fingerprint density at radius 2 is 1.03 bits per heavy atom. The van der Waals surface area contributed by atoms with E-state index in [1.807, 2.05) is 46.3 Å². The summed E-state index contributed by atoms with van der Waals surface area (Å²) in [6.45, 7) is 3.63. The molecule has 0 spiro atoms. The predicted molar refractivity (Wildman–Crippen MR) is 250 cm³/mol. The van der Waals surface area contributed by atoms with Crippen LogP contribution in [0, 0.1) is 0 Å². The molecule has 344 valence electrons. The third-order valence-electron chi connectivity index (χ3n) is 8.64. The Morgan fingerprint density at radius 1 is 0.590 bits per heavy atom. The average Bonchev–Trinajstić information content (AvgIpc) is 3.21. The van der Waals surface area contributed by atoms with Crippen LogP contribution in [0.1, 0.15) is 123 Å². The van der Waals surface area contributed by atoms with Gasteiger partial charge < -0.3 is 33.0 Å². The summed E-state index contributed by atoms with van der Waals surface area (Å²) in [4.78, 5) is 37.5. The Labute approximate surface area is 370 Å². The number of carbonyl (C=O) groups is 2. The van der Waals surface area contributed by atoms with Gasteiger partial charge in [0.2, 0.25) is 0 Å². The largest absolute Gasteiger partial charge is 0.756 e. The van der Waals surface area contributed by atoms with Crippen LogP contribution in [-0.4, -0.2) is 81.2 Å². The van der Waals surface area contributed by atoms with E-state index < -0.39 is 32.5 Å². The molecule has 0 rings (SSSR count). The highest BCUT2D eigenvalue weighted by atomic mass is 31.2. The van der Waals surface area contributed by atoms with Crippen LogP contribution in [0.4, 0.5) is 0 Å². The lowest BCUT2D eigenvalue weighted by molar-refractivity contribution is -0.870. The number of hydrogen-bond acceptors (Lipinski definition) is 9. The number of aliphatic hydroxyl groups excluding tert-OH is 1. The van der Waals surface area contributed by atoms with E-state index in [1.54, 1.807) is 0 Å². The van der Waals surface area contributed by atoms with Crippen LogP contribution in [0.2, 0.25) is 0 Å². The summed E-state index contributed by atoms with van der Waals surface area (Å²) in [5, 5.41) is 9.57. The van der Waals surface area contributed by atoms with Gasteiger partial charge in [-0.2, -0.15) is 0 Å². The predicted octanol–water partition coefficient (Wildman–Crippen LogP) is 11.2. The highest BCUT2D eigenvalue weighted by Gasteiger charge is 2.21. The quantitative estimate of drug-likeness (QED) is 0.0212. The minimum absolute atomic E-state index is 0.0663. The van der Waals surface area contributed by atoms with Gasteiger partial charge >= 0.3 is 11.9 Å². The molecule has 11 heteroatoms. The van der Waals surface area contributed by atoms with E-state index in [9.17, 15) is 24.2 Å². The molecule has 61 heavy (non-hydrogen) atoms. The molecule has 1 N–H and O–H groups in total. The van der Waals surface area contributed by atoms with E-state index in [0.29, 0.717) is 30.3 Å². The molecule has 0 aliphatic heterocycles. The third kappa shape index (κ3) is 44.2. The van der Waals surface area contributed by atoms with Gasteiger partial charge in [-0.25, -0.2) is 0 Å². The molecular formula is C50H80NO9P. The summed E-state index contributed by atoms with van der Waals surface area (Å²) >= 11 is 0. The Hall–Kier alpha value is -3.63. The molecular weight excluding hydrogens is 790 g/mol. The van der Waals surface area contributed by atoms with Gasteiger partial charge in [0, 0.05) is 12.8 Å². The Kier molecular flexibility index (Phi) is 38.0. The van der Waals surface area contributed by atoms with Gasteiger partial charge in [-0.15, -0.1) is 0 Å². The standard InChI is InChI=1S/C50H80NO9P/c1-6-8-9-10-11-12-13-14-15-16-17-18-19-24-27-30-33-36-39-42-50(54)60-48(46-59-61(55,56)58-44-43-51(3,4)5)45-57-49(53)41-38-35-32-29-26-23-21-20-22-25-28-31-34-37-40-47(52)7-2/h8-9,11-12,14-15,17-18,21-25,27,29,31-34,36,47-48,52H,6-7,10,13,16,19-20,26,28,30,35,37-46H2,1-5H3/b9-8-,12-11-,15-14-,18-17-,23-21-,25-22-,27-24-,32-29-,34-31-,36-33-/t47-,48+/m0/s1. The normalized spacial score (nSPS) is 15.2. The molecule has 0 saturated carbocycles. The summed E-state index contributed by atoms with van der Waals surface area (Å²) in [5.74, 6) is -1.03. The maximum absolute atomic E-state index is 12.7. The van der Waals surface area contributed by atoms with Gasteiger partial charge in [0.05, 0.1) is 33.9 Å². The van der Waals surface area contributed by atoms with Crippen LogP contribution in [0.3, 0.4) is 0 Å². The number of unbranched alkanes of at least 4 members (excludes halogenated alkanes) is 1. The highest BCUT2D eigenvalue weighted by Crippen LogP contribution is 2.38. The molecule has 0 fully saturated rings. The number of allylic oxidation sites excluding steroid dienone is 20. The van der Waals surface area contributed by atoms with Gasteiger partial charge in [0.25, 0.3) is 7.82 Å². The number of rotatable bonds is 38. The molecule has 0 bridgehead atoms. The summed E-state index contributed by atoms with van der Waals surface area (Å²) in [6, 6.07) is 0. The van der Waals surface area contributed by atoms with Crippen LogP contribution in [-0.2, 0) is 32.7 Å². The fourth-order valence-electron chi connectivity index (χ4n) is 5.00. The number of phosphoric acid groups is 1. The number of phosphoric ester groups is 1. The van der Waals surface area contributed by atoms with Crippen LogP contribution < -0.4 is 4.89 Å². The van der Waals surface area contributed by atoms with Gasteiger partial charge in [-0.05, 0) is 96.3 Å². The number of nitrogens with zero attached hydrogens (tertiary/aromatic N) is 1. The van der Waals surface area contributed by atoms with Gasteiger partial charge in [0.1, 0.15) is 19.8 Å². The first-order valence-corrected chi connectivity index (χ1v) is 23.8. The first kappa shape index (κ1) is 57.4. The first-order valence-electron chi connectivity index (χ1n) is 22.3. The molecule has 0 aromatic heterocycles. The second-order valence-corrected chi connectivity index (χ2v) is 16.9. The summed E-state index contributed by atoms with van der Waals surface area (Å²) in [7, 11) is 1.05. The second-order valence-electron chi connectivity index (χ2n) is 15.5. The Morgan fingerprint density at radius 3 is 1.49 bits per heavy atom. The van der Waals surface area contributed by atoms with E-state index >= 15 is 0 Å². The number of esters is 2. The monoisotopic (exact) mass is 870 g/mol. The summed E-state index contributed by atoms with van der Waals surface area (Å²) < 4.78 is 33.7. The highest BCUT2D eigenvalue weighted by molar-refractivity contribution is 7.45. The molecule has 0 aliphatic carbocycles. The van der Waals surface area contributed by atoms with Gasteiger partial charge in [-0.1, -0.05) is 135 Å². The van der Waals surface area contributed by atoms with Crippen LogP contribution >= 0.6 is 7.82 Å². The molecule has 1 unspecified atom stereocenters. The lowest BCUT2D eigenvalue weighted by atomic mass is 10.1. The first-order chi connectivity index (χ1) is 29.4. The zero-order valence-corrected chi connectivity index (χ0v) is 39.1. The lowest BCUT2D eigenvalue weighted by Gasteiger charge is -2.28. The minimum Gasteiger partial charge on any atom is -0.756 e.